The lowest BCUT2D eigenvalue weighted by Crippen LogP contribution is -2.57. The van der Waals surface area contributed by atoms with Gasteiger partial charge in [0.2, 0.25) is 17.6 Å². The minimum atomic E-state index is -0.920. The van der Waals surface area contributed by atoms with Crippen LogP contribution in [0.25, 0.3) is 0 Å². The highest BCUT2D eigenvalue weighted by Gasteiger charge is 2.40. The molecule has 1 heterocycles. The number of Topliss-reactive ketones (excluding diaryl/α,β-unsaturated/α-hetero) is 1. The highest BCUT2D eigenvalue weighted by atomic mass is 16.2. The average Bonchev–Trinajstić information content (AvgIpc) is 3.12. The Kier molecular flexibility index (Phi) is 8.81. The van der Waals surface area contributed by atoms with E-state index in [4.69, 9.17) is 5.73 Å². The standard InChI is InChI=1S/C20H34N4O4/c1-6-9-13(15(25)18(27)22-11-7-2)23-17(26)14-10-8-12-24(14)19(28)16(21)20(3,4)5/h7,13-14,16H,2,6,8-12,21H2,1,3-5H3,(H,22,27)(H,23,26). The number of hydrogen-bond acceptors (Lipinski definition) is 5. The topological polar surface area (TPSA) is 122 Å². The molecular weight excluding hydrogens is 360 g/mol. The number of nitrogens with zero attached hydrogens (tertiary/aromatic N) is 1. The van der Waals surface area contributed by atoms with Crippen LogP contribution in [-0.2, 0) is 19.2 Å². The molecule has 1 aliphatic heterocycles. The van der Waals surface area contributed by atoms with Crippen LogP contribution in [0.3, 0.4) is 0 Å². The van der Waals surface area contributed by atoms with Gasteiger partial charge in [-0.3, -0.25) is 19.2 Å². The highest BCUT2D eigenvalue weighted by Crippen LogP contribution is 2.24. The van der Waals surface area contributed by atoms with E-state index >= 15 is 0 Å². The monoisotopic (exact) mass is 394 g/mol. The van der Waals surface area contributed by atoms with E-state index < -0.39 is 41.1 Å². The number of carbonyl (C=O) groups is 4. The van der Waals surface area contributed by atoms with Crippen molar-refractivity contribution in [2.75, 3.05) is 13.1 Å². The van der Waals surface area contributed by atoms with Gasteiger partial charge in [-0.25, -0.2) is 0 Å². The smallest absolute Gasteiger partial charge is 0.289 e. The Morgan fingerprint density at radius 3 is 2.46 bits per heavy atom. The number of likely N-dealkylation sites (tertiary alicyclic amines) is 1. The third-order valence-electron chi connectivity index (χ3n) is 4.88. The lowest BCUT2D eigenvalue weighted by molar-refractivity contribution is -0.143. The van der Waals surface area contributed by atoms with Crippen LogP contribution in [0.15, 0.2) is 12.7 Å². The Morgan fingerprint density at radius 2 is 1.93 bits per heavy atom. The molecule has 8 heteroatoms. The number of nitrogens with two attached hydrogens (primary N) is 1. The van der Waals surface area contributed by atoms with Crippen molar-refractivity contribution in [3.63, 3.8) is 0 Å². The molecule has 0 spiro atoms. The van der Waals surface area contributed by atoms with Crippen LogP contribution < -0.4 is 16.4 Å². The number of rotatable bonds is 9. The van der Waals surface area contributed by atoms with Gasteiger partial charge in [0.25, 0.3) is 5.91 Å². The molecule has 0 radical (unpaired) electrons. The van der Waals surface area contributed by atoms with Crippen LogP contribution in [0.5, 0.6) is 0 Å². The summed E-state index contributed by atoms with van der Waals surface area (Å²) in [5, 5.41) is 5.10. The molecule has 158 valence electrons. The zero-order valence-corrected chi connectivity index (χ0v) is 17.4. The van der Waals surface area contributed by atoms with Crippen molar-refractivity contribution < 1.29 is 19.2 Å². The first-order valence-corrected chi connectivity index (χ1v) is 9.83. The Morgan fingerprint density at radius 1 is 1.29 bits per heavy atom. The molecule has 0 aromatic heterocycles. The number of carbonyl (C=O) groups excluding carboxylic acids is 4. The molecule has 3 amide bonds. The Hall–Kier alpha value is -2.22. The number of ketones is 1. The van der Waals surface area contributed by atoms with Gasteiger partial charge >= 0.3 is 0 Å². The highest BCUT2D eigenvalue weighted by molar-refractivity contribution is 6.38. The van der Waals surface area contributed by atoms with E-state index in [1.165, 1.54) is 11.0 Å². The van der Waals surface area contributed by atoms with Gasteiger partial charge in [0.1, 0.15) is 6.04 Å². The molecule has 0 saturated carbocycles. The van der Waals surface area contributed by atoms with Crippen LogP contribution in [0.4, 0.5) is 0 Å². The van der Waals surface area contributed by atoms with E-state index in [2.05, 4.69) is 17.2 Å². The average molecular weight is 395 g/mol. The van der Waals surface area contributed by atoms with Crippen molar-refractivity contribution in [1.29, 1.82) is 0 Å². The van der Waals surface area contributed by atoms with Gasteiger partial charge in [-0.1, -0.05) is 40.2 Å². The molecule has 0 aliphatic carbocycles. The van der Waals surface area contributed by atoms with Gasteiger partial charge in [0, 0.05) is 13.1 Å². The number of hydrogen-bond donors (Lipinski definition) is 3. The van der Waals surface area contributed by atoms with Crippen LogP contribution in [-0.4, -0.2) is 59.6 Å². The molecule has 3 atom stereocenters. The normalized spacial score (nSPS) is 18.9. The lowest BCUT2D eigenvalue weighted by Gasteiger charge is -2.33. The largest absolute Gasteiger partial charge is 0.346 e. The van der Waals surface area contributed by atoms with Crippen molar-refractivity contribution in [2.24, 2.45) is 11.1 Å². The molecular formula is C20H34N4O4. The number of amides is 3. The quantitative estimate of drug-likeness (QED) is 0.388. The summed E-state index contributed by atoms with van der Waals surface area (Å²) >= 11 is 0. The number of nitrogens with one attached hydrogen (secondary N) is 2. The van der Waals surface area contributed by atoms with E-state index in [0.717, 1.165) is 0 Å². The molecule has 0 aromatic carbocycles. The molecule has 1 rings (SSSR count). The second kappa shape index (κ2) is 10.4. The van der Waals surface area contributed by atoms with Crippen molar-refractivity contribution in [2.45, 2.75) is 71.5 Å². The molecule has 3 unspecified atom stereocenters. The first kappa shape index (κ1) is 23.8. The fourth-order valence-electron chi connectivity index (χ4n) is 3.09. The van der Waals surface area contributed by atoms with Gasteiger partial charge in [0.15, 0.2) is 0 Å². The van der Waals surface area contributed by atoms with Gasteiger partial charge in [-0.2, -0.15) is 0 Å². The van der Waals surface area contributed by atoms with Crippen LogP contribution in [0.2, 0.25) is 0 Å². The second-order valence-corrected chi connectivity index (χ2v) is 8.25. The van der Waals surface area contributed by atoms with E-state index in [9.17, 15) is 19.2 Å². The lowest BCUT2D eigenvalue weighted by atomic mass is 9.86. The minimum absolute atomic E-state index is 0.174. The van der Waals surface area contributed by atoms with Crippen LogP contribution in [0, 0.1) is 5.41 Å². The van der Waals surface area contributed by atoms with Gasteiger partial charge in [-0.05, 0) is 24.7 Å². The Balaban J connectivity index is 2.86. The van der Waals surface area contributed by atoms with Crippen molar-refractivity contribution in [3.05, 3.63) is 12.7 Å². The maximum Gasteiger partial charge on any atom is 0.289 e. The maximum atomic E-state index is 12.8. The summed E-state index contributed by atoms with van der Waals surface area (Å²) in [7, 11) is 0. The fraction of sp³-hybridized carbons (Fsp3) is 0.700. The summed E-state index contributed by atoms with van der Waals surface area (Å²) in [5.41, 5.74) is 5.66. The van der Waals surface area contributed by atoms with E-state index in [-0.39, 0.29) is 12.5 Å². The molecule has 1 aliphatic rings. The Labute approximate surface area is 167 Å². The summed E-state index contributed by atoms with van der Waals surface area (Å²) in [5.74, 6) is -2.14. The van der Waals surface area contributed by atoms with E-state index in [0.29, 0.717) is 32.2 Å². The predicted molar refractivity (Wildman–Crippen MR) is 107 cm³/mol. The predicted octanol–water partition coefficient (Wildman–Crippen LogP) is 0.507. The molecule has 0 bridgehead atoms. The first-order valence-electron chi connectivity index (χ1n) is 9.83. The summed E-state index contributed by atoms with van der Waals surface area (Å²) < 4.78 is 0. The van der Waals surface area contributed by atoms with Crippen molar-refractivity contribution in [3.8, 4) is 0 Å². The zero-order chi connectivity index (χ0) is 21.5. The molecule has 1 saturated heterocycles. The minimum Gasteiger partial charge on any atom is -0.346 e. The van der Waals surface area contributed by atoms with Gasteiger partial charge < -0.3 is 21.3 Å². The summed E-state index contributed by atoms with van der Waals surface area (Å²) in [6.07, 6.45) is 3.62. The van der Waals surface area contributed by atoms with Crippen LogP contribution in [0.1, 0.15) is 53.4 Å². The van der Waals surface area contributed by atoms with Crippen molar-refractivity contribution >= 4 is 23.5 Å². The summed E-state index contributed by atoms with van der Waals surface area (Å²) in [4.78, 5) is 51.4. The van der Waals surface area contributed by atoms with Gasteiger partial charge in [0.05, 0.1) is 12.1 Å². The van der Waals surface area contributed by atoms with Crippen molar-refractivity contribution in [1.82, 2.24) is 15.5 Å². The molecule has 28 heavy (non-hydrogen) atoms. The Bertz CT molecular complexity index is 612. The fourth-order valence-corrected chi connectivity index (χ4v) is 3.09. The third-order valence-corrected chi connectivity index (χ3v) is 4.88. The summed E-state index contributed by atoms with van der Waals surface area (Å²) in [6.45, 7) is 11.6. The summed E-state index contributed by atoms with van der Waals surface area (Å²) in [6, 6.07) is -2.32. The van der Waals surface area contributed by atoms with E-state index in [1.807, 2.05) is 27.7 Å². The molecule has 1 fully saturated rings. The molecule has 4 N–H and O–H groups in total. The maximum absolute atomic E-state index is 12.8. The zero-order valence-electron chi connectivity index (χ0n) is 17.4. The SMILES string of the molecule is C=CCNC(=O)C(=O)C(CCC)NC(=O)C1CCCN1C(=O)C(N)C(C)(C)C. The second-order valence-electron chi connectivity index (χ2n) is 8.25. The third kappa shape index (κ3) is 6.15. The molecule has 0 aromatic rings. The van der Waals surface area contributed by atoms with E-state index in [1.54, 1.807) is 0 Å². The van der Waals surface area contributed by atoms with Gasteiger partial charge in [-0.15, -0.1) is 6.58 Å². The van der Waals surface area contributed by atoms with Crippen LogP contribution >= 0.6 is 0 Å². The first-order chi connectivity index (χ1) is 13.0. The molecule has 8 nitrogen and oxygen atoms in total.